The Hall–Kier alpha value is -2.57. The van der Waals surface area contributed by atoms with Gasteiger partial charge >= 0.3 is 5.97 Å². The van der Waals surface area contributed by atoms with Gasteiger partial charge in [0, 0.05) is 23.1 Å². The van der Waals surface area contributed by atoms with Crippen LogP contribution in [-0.4, -0.2) is 46.0 Å². The lowest BCUT2D eigenvalue weighted by Gasteiger charge is -2.12. The van der Waals surface area contributed by atoms with Crippen LogP contribution in [-0.2, 0) is 15.6 Å². The molecule has 0 aliphatic heterocycles. The van der Waals surface area contributed by atoms with E-state index >= 15 is 0 Å². The van der Waals surface area contributed by atoms with Crippen LogP contribution in [0.2, 0.25) is 5.02 Å². The maximum atomic E-state index is 13.0. The number of hydrogen-bond acceptors (Lipinski definition) is 7. The number of rotatable bonds is 7. The van der Waals surface area contributed by atoms with Crippen molar-refractivity contribution in [2.75, 3.05) is 6.26 Å². The van der Waals surface area contributed by atoms with Crippen molar-refractivity contribution >= 4 is 39.2 Å². The third-order valence-electron chi connectivity index (χ3n) is 3.98. The van der Waals surface area contributed by atoms with Gasteiger partial charge in [-0.3, -0.25) is 0 Å². The fraction of sp³-hybridized carbons (Fsp3) is 0.176. The second-order valence-electron chi connectivity index (χ2n) is 6.04. The van der Waals surface area contributed by atoms with Gasteiger partial charge in [0.2, 0.25) is 5.16 Å². The lowest BCUT2D eigenvalue weighted by Crippen LogP contribution is -2.07. The molecule has 1 N–H and O–H groups in total. The molecule has 30 heavy (non-hydrogen) atoms. The van der Waals surface area contributed by atoms with Crippen molar-refractivity contribution in [3.05, 3.63) is 58.1 Å². The zero-order chi connectivity index (χ0) is 22.1. The molecule has 13 heteroatoms. The maximum Gasteiger partial charge on any atom is 0.337 e. The van der Waals surface area contributed by atoms with Crippen LogP contribution < -0.4 is 0 Å². The van der Waals surface area contributed by atoms with Crippen molar-refractivity contribution in [3.63, 3.8) is 0 Å². The molecule has 0 saturated heterocycles. The van der Waals surface area contributed by atoms with E-state index < -0.39 is 22.2 Å². The van der Waals surface area contributed by atoms with Gasteiger partial charge in [-0.25, -0.2) is 22.0 Å². The summed E-state index contributed by atoms with van der Waals surface area (Å²) in [7, 11) is -3.70. The fourth-order valence-corrected chi connectivity index (χ4v) is 5.02. The highest BCUT2D eigenvalue weighted by Gasteiger charge is 2.22. The highest BCUT2D eigenvalue weighted by Crippen LogP contribution is 2.33. The molecule has 1 heterocycles. The van der Waals surface area contributed by atoms with Crippen LogP contribution in [0, 0.1) is 0 Å². The first-order valence-electron chi connectivity index (χ1n) is 8.14. The van der Waals surface area contributed by atoms with Gasteiger partial charge in [0.1, 0.15) is 0 Å². The molecule has 0 fully saturated rings. The Kier molecular flexibility index (Phi) is 6.38. The molecular weight excluding hydrogens is 462 g/mol. The second kappa shape index (κ2) is 8.66. The number of aromatic nitrogens is 4. The van der Waals surface area contributed by atoms with Crippen LogP contribution in [0.25, 0.3) is 5.69 Å². The number of nitrogens with zero attached hydrogens (tertiary/aromatic N) is 4. The molecule has 3 aromatic rings. The van der Waals surface area contributed by atoms with Crippen LogP contribution in [0.4, 0.5) is 8.78 Å². The Morgan fingerprint density at radius 3 is 2.67 bits per heavy atom. The number of alkyl halides is 2. The maximum absolute atomic E-state index is 13.0. The van der Waals surface area contributed by atoms with E-state index in [0.717, 1.165) is 24.1 Å². The van der Waals surface area contributed by atoms with E-state index in [9.17, 15) is 27.1 Å². The first-order chi connectivity index (χ1) is 14.1. The van der Waals surface area contributed by atoms with E-state index in [1.165, 1.54) is 35.0 Å². The number of sulfone groups is 1. The molecule has 2 aromatic carbocycles. The number of aromatic carboxylic acids is 1. The zero-order valence-electron chi connectivity index (χ0n) is 15.2. The van der Waals surface area contributed by atoms with Gasteiger partial charge in [-0.1, -0.05) is 35.5 Å². The minimum atomic E-state index is -3.70. The Balaban J connectivity index is 1.98. The lowest BCUT2D eigenvalue weighted by molar-refractivity contribution is 0.0696. The van der Waals surface area contributed by atoms with Crippen molar-refractivity contribution < 1.29 is 27.1 Å². The molecule has 8 nitrogen and oxygen atoms in total. The zero-order valence-corrected chi connectivity index (χ0v) is 17.5. The van der Waals surface area contributed by atoms with Crippen LogP contribution in [0.3, 0.4) is 0 Å². The second-order valence-corrected chi connectivity index (χ2v) is 9.34. The third kappa shape index (κ3) is 4.60. The smallest absolute Gasteiger partial charge is 0.337 e. The van der Waals surface area contributed by atoms with E-state index in [1.807, 2.05) is 0 Å². The summed E-state index contributed by atoms with van der Waals surface area (Å²) < 4.78 is 51.4. The summed E-state index contributed by atoms with van der Waals surface area (Å²) in [6.45, 7) is 0. The quantitative estimate of drug-likeness (QED) is 0.516. The van der Waals surface area contributed by atoms with Gasteiger partial charge in [-0.05, 0) is 34.7 Å². The molecule has 1 aromatic heterocycles. The molecule has 0 aliphatic carbocycles. The van der Waals surface area contributed by atoms with Crippen molar-refractivity contribution in [1.29, 1.82) is 0 Å². The fourth-order valence-electron chi connectivity index (χ4n) is 2.61. The summed E-state index contributed by atoms with van der Waals surface area (Å²) in [6, 6.07) is 7.75. The number of carbonyl (C=O) groups is 1. The highest BCUT2D eigenvalue weighted by molar-refractivity contribution is 7.98. The van der Waals surface area contributed by atoms with Crippen LogP contribution in [0.1, 0.15) is 27.9 Å². The first kappa shape index (κ1) is 22.1. The number of tetrazole rings is 1. The number of benzene rings is 2. The normalized spacial score (nSPS) is 11.8. The van der Waals surface area contributed by atoms with Gasteiger partial charge < -0.3 is 5.11 Å². The third-order valence-corrected chi connectivity index (χ3v) is 6.54. The summed E-state index contributed by atoms with van der Waals surface area (Å²) in [5, 5.41) is 20.4. The van der Waals surface area contributed by atoms with Crippen molar-refractivity contribution in [2.24, 2.45) is 0 Å². The van der Waals surface area contributed by atoms with E-state index in [-0.39, 0.29) is 43.2 Å². The van der Waals surface area contributed by atoms with Crippen LogP contribution in [0.5, 0.6) is 0 Å². The minimum Gasteiger partial charge on any atom is -0.478 e. The van der Waals surface area contributed by atoms with E-state index in [1.54, 1.807) is 0 Å². The summed E-state index contributed by atoms with van der Waals surface area (Å²) in [4.78, 5) is 11.2. The monoisotopic (exact) mass is 474 g/mol. The molecule has 0 aliphatic rings. The first-order valence-corrected chi connectivity index (χ1v) is 11.4. The SMILES string of the molecule is CS(=O)(=O)c1ccc(C(=O)O)c(Cl)c1CSc1nnnn1-c1cccc(C(F)F)c1. The van der Waals surface area contributed by atoms with Crippen molar-refractivity contribution in [3.8, 4) is 5.69 Å². The number of halogens is 3. The topological polar surface area (TPSA) is 115 Å². The molecule has 0 spiro atoms. The van der Waals surface area contributed by atoms with E-state index in [0.29, 0.717) is 0 Å². The molecule has 0 atom stereocenters. The van der Waals surface area contributed by atoms with E-state index in [2.05, 4.69) is 15.5 Å². The highest BCUT2D eigenvalue weighted by atomic mass is 35.5. The van der Waals surface area contributed by atoms with Gasteiger partial charge in [0.25, 0.3) is 6.43 Å². The molecule has 0 saturated carbocycles. The Morgan fingerprint density at radius 2 is 2.03 bits per heavy atom. The summed E-state index contributed by atoms with van der Waals surface area (Å²) in [5.74, 6) is -1.38. The summed E-state index contributed by atoms with van der Waals surface area (Å²) >= 11 is 7.15. The number of carboxylic acid groups (broad SMARTS) is 1. The predicted molar refractivity (Wildman–Crippen MR) is 105 cm³/mol. The summed E-state index contributed by atoms with van der Waals surface area (Å²) in [5.41, 5.74) is -0.0895. The van der Waals surface area contributed by atoms with Gasteiger partial charge in [0.05, 0.1) is 21.2 Å². The van der Waals surface area contributed by atoms with Crippen molar-refractivity contribution in [2.45, 2.75) is 22.2 Å². The molecule has 3 rings (SSSR count). The van der Waals surface area contributed by atoms with Gasteiger partial charge in [-0.2, -0.15) is 4.68 Å². The van der Waals surface area contributed by atoms with Gasteiger partial charge in [-0.15, -0.1) is 5.10 Å². The number of thioether (sulfide) groups is 1. The Labute approximate surface area is 178 Å². The summed E-state index contributed by atoms with van der Waals surface area (Å²) in [6.07, 6.45) is -1.69. The standard InChI is InChI=1S/C17H13ClF2N4O4S2/c1-30(27,28)13-6-5-11(16(25)26)14(18)12(13)8-29-17-21-22-23-24(17)10-4-2-3-9(7-10)15(19)20/h2-7,15H,8H2,1H3,(H,25,26). The molecule has 0 bridgehead atoms. The molecular formula is C17H13ClF2N4O4S2. The Bertz CT molecular complexity index is 1220. The van der Waals surface area contributed by atoms with Crippen LogP contribution in [0.15, 0.2) is 46.5 Å². The van der Waals surface area contributed by atoms with Crippen molar-refractivity contribution in [1.82, 2.24) is 20.2 Å². The minimum absolute atomic E-state index is 0.0722. The Morgan fingerprint density at radius 1 is 1.30 bits per heavy atom. The van der Waals surface area contributed by atoms with Gasteiger partial charge in [0.15, 0.2) is 9.84 Å². The largest absolute Gasteiger partial charge is 0.478 e. The average molecular weight is 475 g/mol. The predicted octanol–water partition coefficient (Wildman–Crippen LogP) is 3.65. The molecule has 158 valence electrons. The van der Waals surface area contributed by atoms with Crippen LogP contribution >= 0.6 is 23.4 Å². The number of carboxylic acids is 1. The average Bonchev–Trinajstić information content (AvgIpc) is 3.14. The molecule has 0 amide bonds. The molecule has 0 radical (unpaired) electrons. The number of hydrogen-bond donors (Lipinski definition) is 1. The lowest BCUT2D eigenvalue weighted by atomic mass is 10.1. The molecule has 0 unspecified atom stereocenters. The van der Waals surface area contributed by atoms with E-state index in [4.69, 9.17) is 11.6 Å².